The third kappa shape index (κ3) is 2.37. The van der Waals surface area contributed by atoms with Crippen LogP contribution in [0.25, 0.3) is 0 Å². The molecule has 3 nitrogen and oxygen atoms in total. The molecule has 2 aromatic rings. The molecular weight excluding hydrogens is 212 g/mol. The zero-order valence-electron chi connectivity index (χ0n) is 9.08. The van der Waals surface area contributed by atoms with E-state index in [1.807, 2.05) is 24.3 Å². The van der Waals surface area contributed by atoms with Crippen molar-refractivity contribution in [3.63, 3.8) is 0 Å². The van der Waals surface area contributed by atoms with Crippen molar-refractivity contribution in [3.05, 3.63) is 66.0 Å². The van der Waals surface area contributed by atoms with E-state index in [0.29, 0.717) is 11.3 Å². The fraction of sp³-hybridized carbons (Fsp3) is 0.0714. The first-order valence-electron chi connectivity index (χ1n) is 5.22. The number of ketones is 1. The molecule has 1 aromatic heterocycles. The van der Waals surface area contributed by atoms with E-state index >= 15 is 0 Å². The van der Waals surface area contributed by atoms with Crippen LogP contribution in [0.2, 0.25) is 0 Å². The van der Waals surface area contributed by atoms with Crippen molar-refractivity contribution in [3.8, 4) is 6.07 Å². The van der Waals surface area contributed by atoms with Crippen LogP contribution in [0.1, 0.15) is 22.0 Å². The van der Waals surface area contributed by atoms with E-state index in [1.165, 1.54) is 0 Å². The Hall–Kier alpha value is -2.47. The summed E-state index contributed by atoms with van der Waals surface area (Å²) in [5.74, 6) is -1.05. The van der Waals surface area contributed by atoms with Crippen LogP contribution in [0, 0.1) is 11.3 Å². The Balaban J connectivity index is 2.33. The smallest absolute Gasteiger partial charge is 0.202 e. The van der Waals surface area contributed by atoms with Gasteiger partial charge in [-0.2, -0.15) is 5.26 Å². The van der Waals surface area contributed by atoms with Gasteiger partial charge in [-0.25, -0.2) is 0 Å². The minimum atomic E-state index is -0.786. The number of carbonyl (C=O) groups is 1. The van der Waals surface area contributed by atoms with E-state index in [1.54, 1.807) is 36.5 Å². The highest BCUT2D eigenvalue weighted by Gasteiger charge is 2.22. The van der Waals surface area contributed by atoms with E-state index in [9.17, 15) is 4.79 Å². The number of pyridine rings is 1. The van der Waals surface area contributed by atoms with Gasteiger partial charge in [0.1, 0.15) is 11.6 Å². The SMILES string of the molecule is N#C[C@H](C(=O)c1ccccn1)c1ccccc1. The predicted octanol–water partition coefficient (Wildman–Crippen LogP) is 2.57. The molecule has 1 atom stereocenters. The Morgan fingerprint density at radius 3 is 2.41 bits per heavy atom. The Bertz CT molecular complexity index is 543. The number of hydrogen-bond donors (Lipinski definition) is 0. The summed E-state index contributed by atoms with van der Waals surface area (Å²) in [6, 6.07) is 16.1. The van der Waals surface area contributed by atoms with Crippen molar-refractivity contribution in [1.82, 2.24) is 4.98 Å². The Morgan fingerprint density at radius 1 is 1.12 bits per heavy atom. The van der Waals surface area contributed by atoms with Crippen LogP contribution in [-0.4, -0.2) is 10.8 Å². The van der Waals surface area contributed by atoms with E-state index in [0.717, 1.165) is 0 Å². The number of aromatic nitrogens is 1. The van der Waals surface area contributed by atoms with Crippen molar-refractivity contribution in [2.24, 2.45) is 0 Å². The highest BCUT2D eigenvalue weighted by molar-refractivity contribution is 6.01. The quantitative estimate of drug-likeness (QED) is 0.750. The second kappa shape index (κ2) is 5.04. The molecule has 1 heterocycles. The average Bonchev–Trinajstić information content (AvgIpc) is 2.42. The first-order valence-corrected chi connectivity index (χ1v) is 5.22. The largest absolute Gasteiger partial charge is 0.291 e. The van der Waals surface area contributed by atoms with Crippen molar-refractivity contribution in [1.29, 1.82) is 5.26 Å². The van der Waals surface area contributed by atoms with Gasteiger partial charge in [0.25, 0.3) is 0 Å². The maximum Gasteiger partial charge on any atom is 0.202 e. The highest BCUT2D eigenvalue weighted by Crippen LogP contribution is 2.18. The second-order valence-corrected chi connectivity index (χ2v) is 3.55. The third-order valence-corrected chi connectivity index (χ3v) is 2.44. The summed E-state index contributed by atoms with van der Waals surface area (Å²) in [5.41, 5.74) is 1.02. The molecule has 0 N–H and O–H groups in total. The summed E-state index contributed by atoms with van der Waals surface area (Å²) in [4.78, 5) is 16.1. The van der Waals surface area contributed by atoms with Crippen molar-refractivity contribution in [2.75, 3.05) is 0 Å². The third-order valence-electron chi connectivity index (χ3n) is 2.44. The number of nitrogens with zero attached hydrogens (tertiary/aromatic N) is 2. The van der Waals surface area contributed by atoms with Gasteiger partial charge < -0.3 is 0 Å². The van der Waals surface area contributed by atoms with Crippen LogP contribution in [0.15, 0.2) is 54.7 Å². The van der Waals surface area contributed by atoms with Gasteiger partial charge in [-0.05, 0) is 17.7 Å². The van der Waals surface area contributed by atoms with Crippen molar-refractivity contribution in [2.45, 2.75) is 5.92 Å². The van der Waals surface area contributed by atoms with Gasteiger partial charge in [0.05, 0.1) is 6.07 Å². The first kappa shape index (κ1) is 11.0. The summed E-state index contributed by atoms with van der Waals surface area (Å²) in [7, 11) is 0. The monoisotopic (exact) mass is 222 g/mol. The van der Waals surface area contributed by atoms with Crippen LogP contribution in [0.3, 0.4) is 0 Å². The normalized spacial score (nSPS) is 11.5. The zero-order valence-corrected chi connectivity index (χ0v) is 9.08. The Morgan fingerprint density at radius 2 is 1.82 bits per heavy atom. The van der Waals surface area contributed by atoms with Crippen LogP contribution >= 0.6 is 0 Å². The minimum absolute atomic E-state index is 0.265. The standard InChI is InChI=1S/C14H10N2O/c15-10-12(11-6-2-1-3-7-11)14(17)13-8-4-5-9-16-13/h1-9,12H/t12-/m0/s1. The lowest BCUT2D eigenvalue weighted by molar-refractivity contribution is 0.0974. The molecule has 1 aromatic carbocycles. The zero-order chi connectivity index (χ0) is 12.1. The first-order chi connectivity index (χ1) is 8.33. The predicted molar refractivity (Wildman–Crippen MR) is 63.4 cm³/mol. The molecule has 0 spiro atoms. The maximum atomic E-state index is 12.1. The number of rotatable bonds is 3. The molecule has 0 aliphatic heterocycles. The van der Waals surface area contributed by atoms with Crippen molar-refractivity contribution < 1.29 is 4.79 Å². The van der Waals surface area contributed by atoms with Gasteiger partial charge in [0.15, 0.2) is 0 Å². The fourth-order valence-corrected chi connectivity index (χ4v) is 1.59. The summed E-state index contributed by atoms with van der Waals surface area (Å²) in [6.45, 7) is 0. The molecule has 0 unspecified atom stereocenters. The molecule has 3 heteroatoms. The van der Waals surface area contributed by atoms with Crippen LogP contribution in [-0.2, 0) is 0 Å². The summed E-state index contributed by atoms with van der Waals surface area (Å²) in [5, 5.41) is 9.11. The number of Topliss-reactive ketones (excluding diaryl/α,β-unsaturated/α-hetero) is 1. The van der Waals surface area contributed by atoms with Crippen LogP contribution in [0.4, 0.5) is 0 Å². The molecular formula is C14H10N2O. The van der Waals surface area contributed by atoms with Gasteiger partial charge in [-0.3, -0.25) is 9.78 Å². The molecule has 0 saturated carbocycles. The molecule has 17 heavy (non-hydrogen) atoms. The van der Waals surface area contributed by atoms with Gasteiger partial charge in [-0.1, -0.05) is 36.4 Å². The lowest BCUT2D eigenvalue weighted by atomic mass is 9.94. The number of hydrogen-bond acceptors (Lipinski definition) is 3. The van der Waals surface area contributed by atoms with Gasteiger partial charge in [0, 0.05) is 6.20 Å². The lowest BCUT2D eigenvalue weighted by Crippen LogP contribution is -2.12. The van der Waals surface area contributed by atoms with Crippen molar-refractivity contribution >= 4 is 5.78 Å². The molecule has 82 valence electrons. The molecule has 0 saturated heterocycles. The Labute approximate surface area is 99.4 Å². The molecule has 0 aliphatic rings. The summed E-state index contributed by atoms with van der Waals surface area (Å²) in [6.07, 6.45) is 1.55. The average molecular weight is 222 g/mol. The number of carbonyl (C=O) groups excluding carboxylic acids is 1. The highest BCUT2D eigenvalue weighted by atomic mass is 16.1. The van der Waals surface area contributed by atoms with Gasteiger partial charge >= 0.3 is 0 Å². The minimum Gasteiger partial charge on any atom is -0.291 e. The summed E-state index contributed by atoms with van der Waals surface area (Å²) < 4.78 is 0. The molecule has 0 amide bonds. The van der Waals surface area contributed by atoms with Gasteiger partial charge in [-0.15, -0.1) is 0 Å². The van der Waals surface area contributed by atoms with Crippen LogP contribution < -0.4 is 0 Å². The topological polar surface area (TPSA) is 53.8 Å². The maximum absolute atomic E-state index is 12.1. The number of nitriles is 1. The van der Waals surface area contributed by atoms with E-state index in [2.05, 4.69) is 4.98 Å². The molecule has 0 fully saturated rings. The molecule has 0 radical (unpaired) electrons. The van der Waals surface area contributed by atoms with E-state index in [-0.39, 0.29) is 5.78 Å². The van der Waals surface area contributed by atoms with E-state index in [4.69, 9.17) is 5.26 Å². The van der Waals surface area contributed by atoms with Gasteiger partial charge in [0.2, 0.25) is 5.78 Å². The molecule has 0 aliphatic carbocycles. The molecule has 0 bridgehead atoms. The fourth-order valence-electron chi connectivity index (χ4n) is 1.59. The lowest BCUT2D eigenvalue weighted by Gasteiger charge is -2.07. The summed E-state index contributed by atoms with van der Waals surface area (Å²) >= 11 is 0. The second-order valence-electron chi connectivity index (χ2n) is 3.55. The van der Waals surface area contributed by atoms with E-state index < -0.39 is 5.92 Å². The number of benzene rings is 1. The van der Waals surface area contributed by atoms with Crippen LogP contribution in [0.5, 0.6) is 0 Å². The Kier molecular flexibility index (Phi) is 3.27. The molecule has 2 rings (SSSR count).